The summed E-state index contributed by atoms with van der Waals surface area (Å²) in [6.45, 7) is 5.46. The van der Waals surface area contributed by atoms with Crippen molar-refractivity contribution in [1.29, 1.82) is 0 Å². The van der Waals surface area contributed by atoms with Crippen LogP contribution in [0.15, 0.2) is 52.4 Å². The highest BCUT2D eigenvalue weighted by Crippen LogP contribution is 2.27. The van der Waals surface area contributed by atoms with E-state index in [1.54, 1.807) is 35.8 Å². The van der Waals surface area contributed by atoms with Crippen molar-refractivity contribution in [3.05, 3.63) is 64.5 Å². The Bertz CT molecular complexity index is 1100. The lowest BCUT2D eigenvalue weighted by Crippen LogP contribution is -2.29. The van der Waals surface area contributed by atoms with Crippen molar-refractivity contribution in [2.75, 3.05) is 5.32 Å². The van der Waals surface area contributed by atoms with Gasteiger partial charge >= 0.3 is 0 Å². The molecular weight excluding hydrogens is 396 g/mol. The summed E-state index contributed by atoms with van der Waals surface area (Å²) in [5.41, 5.74) is -0.136. The summed E-state index contributed by atoms with van der Waals surface area (Å²) in [4.78, 5) is 30.1. The maximum atomic E-state index is 13.8. The Labute approximate surface area is 171 Å². The van der Waals surface area contributed by atoms with Crippen molar-refractivity contribution in [3.8, 4) is 0 Å². The molecule has 3 rings (SSSR count). The zero-order valence-electron chi connectivity index (χ0n) is 16.3. The fraction of sp³-hybridized carbons (Fsp3) is 0.286. The number of anilines is 1. The highest BCUT2D eigenvalue weighted by molar-refractivity contribution is 8.00. The molecule has 0 spiro atoms. The first kappa shape index (κ1) is 21.0. The normalized spacial score (nSPS) is 13.3. The van der Waals surface area contributed by atoms with E-state index in [9.17, 15) is 18.4 Å². The van der Waals surface area contributed by atoms with Gasteiger partial charge in [-0.1, -0.05) is 36.9 Å². The largest absolute Gasteiger partial charge is 0.320 e. The SMILES string of the molecule is CC[C@@H](C)n1c(S[C@@H](C)C(=O)Nc2c(F)cccc2F)nc2ccccc2c1=O. The quantitative estimate of drug-likeness (QED) is 0.464. The average Bonchev–Trinajstić information content (AvgIpc) is 2.70. The predicted octanol–water partition coefficient (Wildman–Crippen LogP) is 4.77. The molecule has 2 aromatic carbocycles. The van der Waals surface area contributed by atoms with Crippen molar-refractivity contribution in [1.82, 2.24) is 9.55 Å². The van der Waals surface area contributed by atoms with Crippen molar-refractivity contribution in [3.63, 3.8) is 0 Å². The number of nitrogens with zero attached hydrogens (tertiary/aromatic N) is 2. The Morgan fingerprint density at radius 1 is 1.14 bits per heavy atom. The van der Waals surface area contributed by atoms with E-state index in [2.05, 4.69) is 10.3 Å². The molecule has 2 atom stereocenters. The van der Waals surface area contributed by atoms with Crippen LogP contribution in [0.3, 0.4) is 0 Å². The first-order valence-corrected chi connectivity index (χ1v) is 10.1. The second-order valence-corrected chi connectivity index (χ2v) is 8.00. The van der Waals surface area contributed by atoms with Crippen LogP contribution in [0, 0.1) is 11.6 Å². The van der Waals surface area contributed by atoms with Crippen LogP contribution in [0.2, 0.25) is 0 Å². The third-order valence-electron chi connectivity index (χ3n) is 4.67. The molecule has 1 heterocycles. The van der Waals surface area contributed by atoms with E-state index in [1.807, 2.05) is 13.8 Å². The van der Waals surface area contributed by atoms with Gasteiger partial charge in [-0.05, 0) is 44.5 Å². The lowest BCUT2D eigenvalue weighted by molar-refractivity contribution is -0.115. The molecule has 0 fully saturated rings. The lowest BCUT2D eigenvalue weighted by Gasteiger charge is -2.20. The zero-order chi connectivity index (χ0) is 21.1. The van der Waals surface area contributed by atoms with Gasteiger partial charge in [0.2, 0.25) is 5.91 Å². The van der Waals surface area contributed by atoms with E-state index in [0.29, 0.717) is 22.5 Å². The molecule has 0 aliphatic rings. The first-order chi connectivity index (χ1) is 13.8. The number of thioether (sulfide) groups is 1. The lowest BCUT2D eigenvalue weighted by atomic mass is 10.2. The topological polar surface area (TPSA) is 64.0 Å². The van der Waals surface area contributed by atoms with Crippen LogP contribution in [0.5, 0.6) is 0 Å². The Morgan fingerprint density at radius 3 is 2.45 bits per heavy atom. The molecule has 3 aromatic rings. The molecule has 29 heavy (non-hydrogen) atoms. The Morgan fingerprint density at radius 2 is 1.79 bits per heavy atom. The number of aromatic nitrogens is 2. The van der Waals surface area contributed by atoms with Crippen LogP contribution >= 0.6 is 11.8 Å². The van der Waals surface area contributed by atoms with Crippen molar-refractivity contribution < 1.29 is 13.6 Å². The van der Waals surface area contributed by atoms with E-state index < -0.39 is 28.5 Å². The number of carbonyl (C=O) groups excluding carboxylic acids is 1. The highest BCUT2D eigenvalue weighted by Gasteiger charge is 2.23. The number of nitrogens with one attached hydrogen (secondary N) is 1. The first-order valence-electron chi connectivity index (χ1n) is 9.26. The van der Waals surface area contributed by atoms with Gasteiger partial charge in [0.25, 0.3) is 5.56 Å². The number of halogens is 2. The second kappa shape index (κ2) is 8.73. The number of benzene rings is 2. The standard InChI is InChI=1S/C21H21F2N3O2S/c1-4-12(2)26-20(28)14-8-5-6-11-17(14)24-21(26)29-13(3)19(27)25-18-15(22)9-7-10-16(18)23/h5-13H,4H2,1-3H3,(H,25,27)/t12-,13+/m1/s1. The van der Waals surface area contributed by atoms with Gasteiger partial charge in [-0.25, -0.2) is 13.8 Å². The molecule has 0 saturated heterocycles. The summed E-state index contributed by atoms with van der Waals surface area (Å²) in [6, 6.07) is 10.3. The van der Waals surface area contributed by atoms with Crippen LogP contribution < -0.4 is 10.9 Å². The van der Waals surface area contributed by atoms with Gasteiger partial charge in [-0.2, -0.15) is 0 Å². The molecule has 0 bridgehead atoms. The van der Waals surface area contributed by atoms with Gasteiger partial charge < -0.3 is 5.32 Å². The van der Waals surface area contributed by atoms with E-state index in [4.69, 9.17) is 0 Å². The minimum atomic E-state index is -0.851. The van der Waals surface area contributed by atoms with E-state index in [-0.39, 0.29) is 11.6 Å². The average molecular weight is 417 g/mol. The van der Waals surface area contributed by atoms with Gasteiger partial charge in [0.15, 0.2) is 5.16 Å². The third kappa shape index (κ3) is 4.32. The van der Waals surface area contributed by atoms with E-state index in [1.165, 1.54) is 6.07 Å². The third-order valence-corrected chi connectivity index (χ3v) is 5.74. The van der Waals surface area contributed by atoms with Crippen LogP contribution in [0.1, 0.15) is 33.2 Å². The minimum absolute atomic E-state index is 0.124. The molecule has 152 valence electrons. The van der Waals surface area contributed by atoms with Crippen molar-refractivity contribution in [2.45, 2.75) is 43.6 Å². The molecule has 1 N–H and O–H groups in total. The molecule has 8 heteroatoms. The molecule has 0 saturated carbocycles. The second-order valence-electron chi connectivity index (χ2n) is 6.69. The highest BCUT2D eigenvalue weighted by atomic mass is 32.2. The van der Waals surface area contributed by atoms with Crippen molar-refractivity contribution in [2.24, 2.45) is 0 Å². The number of hydrogen-bond donors (Lipinski definition) is 1. The van der Waals surface area contributed by atoms with Crippen LogP contribution in [-0.4, -0.2) is 20.7 Å². The molecule has 1 aromatic heterocycles. The number of carbonyl (C=O) groups is 1. The molecule has 0 unspecified atom stereocenters. The summed E-state index contributed by atoms with van der Waals surface area (Å²) in [5.74, 6) is -2.29. The number of hydrogen-bond acceptors (Lipinski definition) is 4. The predicted molar refractivity (Wildman–Crippen MR) is 111 cm³/mol. The van der Waals surface area contributed by atoms with Crippen LogP contribution in [0.4, 0.5) is 14.5 Å². The summed E-state index contributed by atoms with van der Waals surface area (Å²) < 4.78 is 29.2. The van der Waals surface area contributed by atoms with Gasteiger partial charge in [0.1, 0.15) is 17.3 Å². The van der Waals surface area contributed by atoms with Crippen LogP contribution in [0.25, 0.3) is 10.9 Å². The Hall–Kier alpha value is -2.74. The van der Waals surface area contributed by atoms with Gasteiger partial charge in [0.05, 0.1) is 16.2 Å². The summed E-state index contributed by atoms with van der Waals surface area (Å²) >= 11 is 1.08. The Kier molecular flexibility index (Phi) is 6.32. The van der Waals surface area contributed by atoms with Gasteiger partial charge in [0, 0.05) is 6.04 Å². The maximum Gasteiger partial charge on any atom is 0.262 e. The molecule has 5 nitrogen and oxygen atoms in total. The summed E-state index contributed by atoms with van der Waals surface area (Å²) in [6.07, 6.45) is 0.703. The van der Waals surface area contributed by atoms with E-state index in [0.717, 1.165) is 23.9 Å². The maximum absolute atomic E-state index is 13.8. The zero-order valence-corrected chi connectivity index (χ0v) is 17.1. The molecule has 0 aliphatic carbocycles. The smallest absolute Gasteiger partial charge is 0.262 e. The summed E-state index contributed by atoms with van der Waals surface area (Å²) in [7, 11) is 0. The van der Waals surface area contributed by atoms with Crippen LogP contribution in [-0.2, 0) is 4.79 Å². The van der Waals surface area contributed by atoms with Crippen molar-refractivity contribution >= 4 is 34.3 Å². The fourth-order valence-corrected chi connectivity index (χ4v) is 3.84. The van der Waals surface area contributed by atoms with Gasteiger partial charge in [-0.3, -0.25) is 14.2 Å². The number of fused-ring (bicyclic) bond motifs is 1. The molecule has 1 amide bonds. The van der Waals surface area contributed by atoms with E-state index >= 15 is 0 Å². The monoisotopic (exact) mass is 417 g/mol. The van der Waals surface area contributed by atoms with Gasteiger partial charge in [-0.15, -0.1) is 0 Å². The Balaban J connectivity index is 1.94. The molecule has 0 radical (unpaired) electrons. The number of para-hydroxylation sites is 2. The minimum Gasteiger partial charge on any atom is -0.320 e. The molecule has 0 aliphatic heterocycles. The number of amides is 1. The number of rotatable bonds is 6. The molecular formula is C21H21F2N3O2S. The summed E-state index contributed by atoms with van der Waals surface area (Å²) in [5, 5.41) is 2.44. The fourth-order valence-electron chi connectivity index (χ4n) is 2.83.